The van der Waals surface area contributed by atoms with E-state index < -0.39 is 15.8 Å². The summed E-state index contributed by atoms with van der Waals surface area (Å²) in [7, 11) is -3.44. The Morgan fingerprint density at radius 3 is 2.73 bits per heavy atom. The second-order valence-corrected chi connectivity index (χ2v) is 5.86. The lowest BCUT2D eigenvalue weighted by atomic mass is 10.1. The van der Waals surface area contributed by atoms with Crippen molar-refractivity contribution in [3.63, 3.8) is 0 Å². The Labute approximate surface area is 89.5 Å². The predicted molar refractivity (Wildman–Crippen MR) is 53.4 cm³/mol. The van der Waals surface area contributed by atoms with Crippen molar-refractivity contribution in [1.29, 1.82) is 5.26 Å². The molecule has 1 N–H and O–H groups in total. The first kappa shape index (κ1) is 10.9. The Morgan fingerprint density at radius 2 is 2.13 bits per heavy atom. The van der Waals surface area contributed by atoms with Gasteiger partial charge in [0.25, 0.3) is 0 Å². The summed E-state index contributed by atoms with van der Waals surface area (Å²) in [6, 6.07) is 1.52. The van der Waals surface area contributed by atoms with Crippen LogP contribution in [0, 0.1) is 17.2 Å². The Kier molecular flexibility index (Phi) is 2.96. The van der Waals surface area contributed by atoms with Crippen molar-refractivity contribution in [2.45, 2.75) is 31.4 Å². The zero-order valence-corrected chi connectivity index (χ0v) is 9.16. The van der Waals surface area contributed by atoms with Gasteiger partial charge in [-0.05, 0) is 25.2 Å². The second kappa shape index (κ2) is 4.08. The molecule has 2 fully saturated rings. The number of nitrogens with zero attached hydrogens (tertiary/aromatic N) is 1. The maximum absolute atomic E-state index is 11.4. The number of ether oxygens (including phenoxy) is 1. The zero-order valence-electron chi connectivity index (χ0n) is 8.35. The van der Waals surface area contributed by atoms with Crippen LogP contribution in [0.5, 0.6) is 0 Å². The molecule has 1 heterocycles. The fourth-order valence-corrected chi connectivity index (χ4v) is 2.95. The van der Waals surface area contributed by atoms with Crippen LogP contribution in [0.3, 0.4) is 0 Å². The number of nitriles is 1. The van der Waals surface area contributed by atoms with E-state index in [2.05, 4.69) is 4.72 Å². The van der Waals surface area contributed by atoms with Crippen LogP contribution < -0.4 is 4.72 Å². The molecule has 0 aromatic rings. The molecule has 2 atom stereocenters. The van der Waals surface area contributed by atoms with Crippen LogP contribution in [0.1, 0.15) is 19.3 Å². The van der Waals surface area contributed by atoms with Gasteiger partial charge in [0.05, 0.1) is 18.2 Å². The molecule has 1 aliphatic heterocycles. The molecule has 2 aliphatic rings. The van der Waals surface area contributed by atoms with Crippen molar-refractivity contribution in [2.75, 3.05) is 12.4 Å². The quantitative estimate of drug-likeness (QED) is 0.737. The Morgan fingerprint density at radius 1 is 1.40 bits per heavy atom. The molecule has 1 saturated heterocycles. The summed E-state index contributed by atoms with van der Waals surface area (Å²) in [6.45, 7) is 0.612. The van der Waals surface area contributed by atoms with Crippen LogP contribution in [-0.2, 0) is 14.8 Å². The number of rotatable bonds is 4. The van der Waals surface area contributed by atoms with Gasteiger partial charge in [-0.25, -0.2) is 13.1 Å². The lowest BCUT2D eigenvalue weighted by molar-refractivity contribution is 0.0848. The highest BCUT2D eigenvalue weighted by atomic mass is 32.2. The van der Waals surface area contributed by atoms with E-state index in [1.807, 2.05) is 0 Å². The highest BCUT2D eigenvalue weighted by Crippen LogP contribution is 2.38. The van der Waals surface area contributed by atoms with Gasteiger partial charge in [-0.2, -0.15) is 5.26 Å². The standard InChI is InChI=1S/C9H14N2O3S/c10-4-6-15(12,13)11-8-3-5-14-9(8)7-1-2-7/h7-9,11H,1-3,5-6H2. The van der Waals surface area contributed by atoms with Crippen molar-refractivity contribution < 1.29 is 13.2 Å². The summed E-state index contributed by atoms with van der Waals surface area (Å²) in [4.78, 5) is 0. The highest BCUT2D eigenvalue weighted by Gasteiger charge is 2.41. The van der Waals surface area contributed by atoms with E-state index in [4.69, 9.17) is 10.00 Å². The van der Waals surface area contributed by atoms with E-state index in [0.717, 1.165) is 12.8 Å². The minimum atomic E-state index is -3.44. The Hall–Kier alpha value is -0.640. The van der Waals surface area contributed by atoms with Crippen molar-refractivity contribution in [2.24, 2.45) is 5.92 Å². The van der Waals surface area contributed by atoms with Crippen molar-refractivity contribution >= 4 is 10.0 Å². The second-order valence-electron chi connectivity index (χ2n) is 4.10. The molecule has 0 spiro atoms. The predicted octanol–water partition coefficient (Wildman–Crippen LogP) is -0.00312. The van der Waals surface area contributed by atoms with E-state index >= 15 is 0 Å². The first-order valence-electron chi connectivity index (χ1n) is 5.11. The summed E-state index contributed by atoms with van der Waals surface area (Å²) >= 11 is 0. The molecule has 1 aliphatic carbocycles. The van der Waals surface area contributed by atoms with Crippen LogP contribution in [0.25, 0.3) is 0 Å². The average Bonchev–Trinajstić information content (AvgIpc) is 2.88. The van der Waals surface area contributed by atoms with Gasteiger partial charge in [0, 0.05) is 6.61 Å². The van der Waals surface area contributed by atoms with E-state index in [9.17, 15) is 8.42 Å². The molecular weight excluding hydrogens is 216 g/mol. The van der Waals surface area contributed by atoms with Crippen LogP contribution in [0.2, 0.25) is 0 Å². The van der Waals surface area contributed by atoms with Gasteiger partial charge in [-0.15, -0.1) is 0 Å². The maximum Gasteiger partial charge on any atom is 0.225 e. The molecule has 5 nitrogen and oxygen atoms in total. The molecule has 2 unspecified atom stereocenters. The SMILES string of the molecule is N#CCS(=O)(=O)NC1CCOC1C1CC1. The zero-order chi connectivity index (χ0) is 10.9. The lowest BCUT2D eigenvalue weighted by Gasteiger charge is -2.18. The monoisotopic (exact) mass is 230 g/mol. The minimum Gasteiger partial charge on any atom is -0.376 e. The average molecular weight is 230 g/mol. The van der Waals surface area contributed by atoms with Crippen molar-refractivity contribution in [3.05, 3.63) is 0 Å². The molecule has 0 radical (unpaired) electrons. The molecule has 0 bridgehead atoms. The fourth-order valence-electron chi connectivity index (χ4n) is 1.98. The molecule has 6 heteroatoms. The minimum absolute atomic E-state index is 0.0264. The molecule has 1 saturated carbocycles. The topological polar surface area (TPSA) is 79.2 Å². The molecule has 2 rings (SSSR count). The summed E-state index contributed by atoms with van der Waals surface area (Å²) in [5.41, 5.74) is 0. The van der Waals surface area contributed by atoms with Gasteiger partial charge in [-0.3, -0.25) is 0 Å². The van der Waals surface area contributed by atoms with Gasteiger partial charge in [0.1, 0.15) is 0 Å². The van der Waals surface area contributed by atoms with E-state index in [1.165, 1.54) is 0 Å². The van der Waals surface area contributed by atoms with Gasteiger partial charge in [0.15, 0.2) is 5.75 Å². The maximum atomic E-state index is 11.4. The number of hydrogen-bond donors (Lipinski definition) is 1. The van der Waals surface area contributed by atoms with E-state index in [-0.39, 0.29) is 12.1 Å². The number of hydrogen-bond acceptors (Lipinski definition) is 4. The van der Waals surface area contributed by atoms with E-state index in [0.29, 0.717) is 18.9 Å². The summed E-state index contributed by atoms with van der Waals surface area (Å²) < 4.78 is 30.8. The highest BCUT2D eigenvalue weighted by molar-refractivity contribution is 7.89. The van der Waals surface area contributed by atoms with Gasteiger partial charge in [-0.1, -0.05) is 0 Å². The molecule has 15 heavy (non-hydrogen) atoms. The first-order valence-corrected chi connectivity index (χ1v) is 6.76. The summed E-state index contributed by atoms with van der Waals surface area (Å²) in [5, 5.41) is 8.36. The third-order valence-corrected chi connectivity index (χ3v) is 3.98. The normalized spacial score (nSPS) is 31.4. The smallest absolute Gasteiger partial charge is 0.225 e. The third kappa shape index (κ3) is 2.68. The molecule has 84 valence electrons. The summed E-state index contributed by atoms with van der Waals surface area (Å²) in [6.07, 6.45) is 2.99. The molecule has 0 amide bonds. The number of sulfonamides is 1. The van der Waals surface area contributed by atoms with Crippen molar-refractivity contribution in [3.8, 4) is 6.07 Å². The largest absolute Gasteiger partial charge is 0.376 e. The summed E-state index contributed by atoms with van der Waals surface area (Å²) in [5.74, 6) is 0.0447. The molecule has 0 aromatic heterocycles. The van der Waals surface area contributed by atoms with Gasteiger partial charge < -0.3 is 4.74 Å². The van der Waals surface area contributed by atoms with E-state index in [1.54, 1.807) is 6.07 Å². The lowest BCUT2D eigenvalue weighted by Crippen LogP contribution is -2.42. The van der Waals surface area contributed by atoms with Crippen LogP contribution >= 0.6 is 0 Å². The fraction of sp³-hybridized carbons (Fsp3) is 0.889. The Balaban J connectivity index is 1.96. The van der Waals surface area contributed by atoms with Crippen LogP contribution in [0.15, 0.2) is 0 Å². The number of nitrogens with one attached hydrogen (secondary N) is 1. The molecular formula is C9H14N2O3S. The van der Waals surface area contributed by atoms with Gasteiger partial charge >= 0.3 is 0 Å². The van der Waals surface area contributed by atoms with Crippen molar-refractivity contribution in [1.82, 2.24) is 4.72 Å². The Bertz CT molecular complexity index is 369. The van der Waals surface area contributed by atoms with Gasteiger partial charge in [0.2, 0.25) is 10.0 Å². The van der Waals surface area contributed by atoms with Crippen LogP contribution in [0.4, 0.5) is 0 Å². The van der Waals surface area contributed by atoms with Crippen LogP contribution in [-0.4, -0.2) is 32.9 Å². The molecule has 0 aromatic carbocycles. The first-order chi connectivity index (χ1) is 7.12. The third-order valence-electron chi connectivity index (χ3n) is 2.81.